The summed E-state index contributed by atoms with van der Waals surface area (Å²) in [4.78, 5) is 7.65. The van der Waals surface area contributed by atoms with Crippen LogP contribution >= 0.6 is 23.2 Å². The van der Waals surface area contributed by atoms with Gasteiger partial charge in [0.15, 0.2) is 0 Å². The standard InChI is InChI=1S/C8H11Cl2N3O/c1-5(2-3-14)12-7-6(9)4-11-8(10)13-7/h4-5,14H,2-3H2,1H3,(H,11,12,13). The molecule has 0 fully saturated rings. The van der Waals surface area contributed by atoms with Gasteiger partial charge in [-0.2, -0.15) is 4.98 Å². The molecule has 0 spiro atoms. The van der Waals surface area contributed by atoms with Gasteiger partial charge < -0.3 is 10.4 Å². The summed E-state index contributed by atoms with van der Waals surface area (Å²) < 4.78 is 0. The van der Waals surface area contributed by atoms with E-state index in [0.29, 0.717) is 17.3 Å². The Balaban J connectivity index is 2.70. The SMILES string of the molecule is CC(CCO)Nc1nc(Cl)ncc1Cl. The molecule has 78 valence electrons. The van der Waals surface area contributed by atoms with Gasteiger partial charge in [0.1, 0.15) is 10.8 Å². The highest BCUT2D eigenvalue weighted by atomic mass is 35.5. The molecule has 1 aromatic heterocycles. The predicted octanol–water partition coefficient (Wildman–Crippen LogP) is 1.97. The summed E-state index contributed by atoms with van der Waals surface area (Å²) in [5, 5.41) is 12.3. The van der Waals surface area contributed by atoms with E-state index in [1.54, 1.807) is 0 Å². The van der Waals surface area contributed by atoms with Crippen LogP contribution in [0, 0.1) is 0 Å². The molecule has 2 N–H and O–H groups in total. The van der Waals surface area contributed by atoms with Crippen LogP contribution in [0.3, 0.4) is 0 Å². The van der Waals surface area contributed by atoms with Crippen molar-refractivity contribution in [1.29, 1.82) is 0 Å². The van der Waals surface area contributed by atoms with Crippen LogP contribution in [-0.2, 0) is 0 Å². The van der Waals surface area contributed by atoms with Gasteiger partial charge >= 0.3 is 0 Å². The Morgan fingerprint density at radius 3 is 2.93 bits per heavy atom. The van der Waals surface area contributed by atoms with Crippen LogP contribution in [-0.4, -0.2) is 27.7 Å². The zero-order chi connectivity index (χ0) is 10.6. The van der Waals surface area contributed by atoms with Crippen molar-refractivity contribution < 1.29 is 5.11 Å². The Hall–Kier alpha value is -0.580. The molecule has 0 aliphatic rings. The second-order valence-electron chi connectivity index (χ2n) is 2.89. The van der Waals surface area contributed by atoms with Crippen LogP contribution in [0.15, 0.2) is 6.20 Å². The van der Waals surface area contributed by atoms with E-state index in [4.69, 9.17) is 28.3 Å². The minimum Gasteiger partial charge on any atom is -0.396 e. The lowest BCUT2D eigenvalue weighted by atomic mass is 10.2. The van der Waals surface area contributed by atoms with Gasteiger partial charge in [-0.1, -0.05) is 11.6 Å². The van der Waals surface area contributed by atoms with Crippen LogP contribution < -0.4 is 5.32 Å². The molecule has 14 heavy (non-hydrogen) atoms. The second-order valence-corrected chi connectivity index (χ2v) is 3.64. The third kappa shape index (κ3) is 3.29. The van der Waals surface area contributed by atoms with Crippen LogP contribution in [0.2, 0.25) is 10.3 Å². The molecule has 0 aliphatic carbocycles. The van der Waals surface area contributed by atoms with Crippen molar-refractivity contribution in [3.63, 3.8) is 0 Å². The highest BCUT2D eigenvalue weighted by Crippen LogP contribution is 2.20. The minimum atomic E-state index is 0.0865. The summed E-state index contributed by atoms with van der Waals surface area (Å²) in [6.07, 6.45) is 2.06. The summed E-state index contributed by atoms with van der Waals surface area (Å²) in [7, 11) is 0. The van der Waals surface area contributed by atoms with E-state index in [1.165, 1.54) is 6.20 Å². The van der Waals surface area contributed by atoms with Gasteiger partial charge in [-0.25, -0.2) is 4.98 Å². The number of hydrogen-bond donors (Lipinski definition) is 2. The highest BCUT2D eigenvalue weighted by Gasteiger charge is 2.07. The number of nitrogens with zero attached hydrogens (tertiary/aromatic N) is 2. The average molecular weight is 236 g/mol. The van der Waals surface area contributed by atoms with Gasteiger partial charge in [0.25, 0.3) is 0 Å². The zero-order valence-corrected chi connectivity index (χ0v) is 9.18. The van der Waals surface area contributed by atoms with Crippen LogP contribution in [0.5, 0.6) is 0 Å². The Morgan fingerprint density at radius 2 is 2.29 bits per heavy atom. The van der Waals surface area contributed by atoms with E-state index < -0.39 is 0 Å². The molecular formula is C8H11Cl2N3O. The Labute approximate surface area is 92.3 Å². The molecule has 0 saturated carbocycles. The molecule has 0 aromatic carbocycles. The van der Waals surface area contributed by atoms with Gasteiger partial charge in [-0.15, -0.1) is 0 Å². The first kappa shape index (κ1) is 11.5. The van der Waals surface area contributed by atoms with Crippen LogP contribution in [0.25, 0.3) is 0 Å². The maximum atomic E-state index is 8.71. The van der Waals surface area contributed by atoms with Crippen LogP contribution in [0.4, 0.5) is 5.82 Å². The Morgan fingerprint density at radius 1 is 1.57 bits per heavy atom. The molecule has 0 radical (unpaired) electrons. The predicted molar refractivity (Wildman–Crippen MR) is 56.8 cm³/mol. The Kier molecular flexibility index (Phi) is 4.38. The van der Waals surface area contributed by atoms with E-state index in [0.717, 1.165) is 0 Å². The van der Waals surface area contributed by atoms with Crippen molar-refractivity contribution in [2.24, 2.45) is 0 Å². The Bertz CT molecular complexity index is 309. The fourth-order valence-corrected chi connectivity index (χ4v) is 1.22. The minimum absolute atomic E-state index is 0.0865. The molecule has 0 bridgehead atoms. The molecule has 1 unspecified atom stereocenters. The third-order valence-electron chi connectivity index (χ3n) is 1.66. The first-order chi connectivity index (χ1) is 6.63. The van der Waals surface area contributed by atoms with E-state index in [2.05, 4.69) is 15.3 Å². The van der Waals surface area contributed by atoms with Crippen LogP contribution in [0.1, 0.15) is 13.3 Å². The number of aromatic nitrogens is 2. The lowest BCUT2D eigenvalue weighted by Crippen LogP contribution is -2.17. The monoisotopic (exact) mass is 235 g/mol. The van der Waals surface area contributed by atoms with E-state index in [1.807, 2.05) is 6.92 Å². The van der Waals surface area contributed by atoms with Crippen molar-refractivity contribution in [2.75, 3.05) is 11.9 Å². The maximum absolute atomic E-state index is 8.71. The number of hydrogen-bond acceptors (Lipinski definition) is 4. The average Bonchev–Trinajstić information content (AvgIpc) is 2.12. The number of halogens is 2. The van der Waals surface area contributed by atoms with Crippen molar-refractivity contribution in [3.05, 3.63) is 16.5 Å². The number of aliphatic hydroxyl groups excluding tert-OH is 1. The first-order valence-electron chi connectivity index (χ1n) is 4.19. The van der Waals surface area contributed by atoms with Crippen molar-refractivity contribution in [3.8, 4) is 0 Å². The molecule has 1 rings (SSSR count). The zero-order valence-electron chi connectivity index (χ0n) is 7.67. The maximum Gasteiger partial charge on any atom is 0.224 e. The molecule has 0 amide bonds. The number of nitrogens with one attached hydrogen (secondary N) is 1. The molecular weight excluding hydrogens is 225 g/mol. The molecule has 4 nitrogen and oxygen atoms in total. The van der Waals surface area contributed by atoms with E-state index >= 15 is 0 Å². The van der Waals surface area contributed by atoms with Gasteiger partial charge in [-0.3, -0.25) is 0 Å². The fourth-order valence-electron chi connectivity index (χ4n) is 0.946. The van der Waals surface area contributed by atoms with Gasteiger partial charge in [0.05, 0.1) is 6.20 Å². The first-order valence-corrected chi connectivity index (χ1v) is 4.94. The summed E-state index contributed by atoms with van der Waals surface area (Å²) in [5.74, 6) is 0.493. The summed E-state index contributed by atoms with van der Waals surface area (Å²) in [5.41, 5.74) is 0. The molecule has 1 aromatic rings. The lowest BCUT2D eigenvalue weighted by Gasteiger charge is -2.13. The number of rotatable bonds is 4. The quantitative estimate of drug-likeness (QED) is 0.784. The number of anilines is 1. The molecule has 1 heterocycles. The van der Waals surface area contributed by atoms with Crippen molar-refractivity contribution in [2.45, 2.75) is 19.4 Å². The smallest absolute Gasteiger partial charge is 0.224 e. The number of aliphatic hydroxyl groups is 1. The third-order valence-corrected chi connectivity index (χ3v) is 2.12. The lowest BCUT2D eigenvalue weighted by molar-refractivity contribution is 0.282. The van der Waals surface area contributed by atoms with Crippen molar-refractivity contribution in [1.82, 2.24) is 9.97 Å². The summed E-state index contributed by atoms with van der Waals surface area (Å²) in [6, 6.07) is 0.0865. The second kappa shape index (κ2) is 5.34. The van der Waals surface area contributed by atoms with E-state index in [-0.39, 0.29) is 17.9 Å². The van der Waals surface area contributed by atoms with Crippen molar-refractivity contribution >= 4 is 29.0 Å². The largest absolute Gasteiger partial charge is 0.396 e. The summed E-state index contributed by atoms with van der Waals surface area (Å²) >= 11 is 11.4. The van der Waals surface area contributed by atoms with Gasteiger partial charge in [0.2, 0.25) is 5.28 Å². The molecule has 6 heteroatoms. The molecule has 0 aliphatic heterocycles. The fraction of sp³-hybridized carbons (Fsp3) is 0.500. The molecule has 1 atom stereocenters. The normalized spacial score (nSPS) is 12.6. The molecule has 0 saturated heterocycles. The highest BCUT2D eigenvalue weighted by molar-refractivity contribution is 6.33. The van der Waals surface area contributed by atoms with Gasteiger partial charge in [-0.05, 0) is 24.9 Å². The van der Waals surface area contributed by atoms with Gasteiger partial charge in [0, 0.05) is 12.6 Å². The topological polar surface area (TPSA) is 58.0 Å². The summed E-state index contributed by atoms with van der Waals surface area (Å²) in [6.45, 7) is 2.03. The van der Waals surface area contributed by atoms with E-state index in [9.17, 15) is 0 Å².